The summed E-state index contributed by atoms with van der Waals surface area (Å²) in [5, 5.41) is 9.30. The molecule has 17 heavy (non-hydrogen) atoms. The van der Waals surface area contributed by atoms with Crippen LogP contribution in [-0.2, 0) is 0 Å². The average Bonchev–Trinajstić information content (AvgIpc) is 3.00. The van der Waals surface area contributed by atoms with E-state index in [1.165, 1.54) is 0 Å². The van der Waals surface area contributed by atoms with Crippen molar-refractivity contribution in [2.45, 2.75) is 6.42 Å². The molecular formula is C12H11N3O2. The largest absolute Gasteiger partial charge is 0.463 e. The standard InChI is InChI=1S/C12H11N3O2/c1-2-3-6-13-12(16)10-8-9(14-15-10)11-5-4-7-17-11/h1,4-5,7-8H,3,6H2,(H,13,16)(H,14,15). The minimum atomic E-state index is -0.255. The van der Waals surface area contributed by atoms with Crippen LogP contribution in [0.2, 0.25) is 0 Å². The van der Waals surface area contributed by atoms with E-state index in [0.717, 1.165) is 0 Å². The Morgan fingerprint density at radius 2 is 2.53 bits per heavy atom. The van der Waals surface area contributed by atoms with E-state index in [2.05, 4.69) is 21.4 Å². The van der Waals surface area contributed by atoms with Gasteiger partial charge >= 0.3 is 0 Å². The number of nitrogens with zero attached hydrogens (tertiary/aromatic N) is 1. The maximum absolute atomic E-state index is 11.6. The summed E-state index contributed by atoms with van der Waals surface area (Å²) in [6.45, 7) is 0.443. The third kappa shape index (κ3) is 2.55. The number of hydrogen-bond acceptors (Lipinski definition) is 3. The Morgan fingerprint density at radius 1 is 1.65 bits per heavy atom. The topological polar surface area (TPSA) is 70.9 Å². The number of aromatic amines is 1. The Morgan fingerprint density at radius 3 is 3.24 bits per heavy atom. The van der Waals surface area contributed by atoms with Crippen LogP contribution in [0.5, 0.6) is 0 Å². The highest BCUT2D eigenvalue weighted by Gasteiger charge is 2.11. The van der Waals surface area contributed by atoms with Crippen molar-refractivity contribution in [2.75, 3.05) is 6.54 Å². The normalized spacial score (nSPS) is 9.82. The highest BCUT2D eigenvalue weighted by molar-refractivity contribution is 5.93. The molecule has 0 radical (unpaired) electrons. The molecule has 2 aromatic heterocycles. The van der Waals surface area contributed by atoms with Crippen LogP contribution in [0, 0.1) is 12.3 Å². The van der Waals surface area contributed by atoms with E-state index in [1.807, 2.05) is 0 Å². The number of nitrogens with one attached hydrogen (secondary N) is 2. The second kappa shape index (κ2) is 5.03. The van der Waals surface area contributed by atoms with Crippen molar-refractivity contribution in [1.29, 1.82) is 0 Å². The fourth-order valence-corrected chi connectivity index (χ4v) is 1.33. The van der Waals surface area contributed by atoms with Gasteiger partial charge in [-0.15, -0.1) is 12.3 Å². The second-order valence-corrected chi connectivity index (χ2v) is 3.35. The van der Waals surface area contributed by atoms with Crippen LogP contribution in [0.15, 0.2) is 28.9 Å². The molecule has 2 N–H and O–H groups in total. The van der Waals surface area contributed by atoms with Crippen molar-refractivity contribution in [3.05, 3.63) is 30.2 Å². The van der Waals surface area contributed by atoms with Crippen molar-refractivity contribution < 1.29 is 9.21 Å². The Labute approximate surface area is 98.2 Å². The number of terminal acetylenes is 1. The lowest BCUT2D eigenvalue weighted by molar-refractivity contribution is 0.0949. The van der Waals surface area contributed by atoms with Crippen LogP contribution in [-0.4, -0.2) is 22.6 Å². The van der Waals surface area contributed by atoms with Gasteiger partial charge in [-0.05, 0) is 12.1 Å². The van der Waals surface area contributed by atoms with Gasteiger partial charge in [0.15, 0.2) is 11.5 Å². The number of rotatable bonds is 4. The number of H-pyrrole nitrogens is 1. The summed E-state index contributed by atoms with van der Waals surface area (Å²) in [6, 6.07) is 5.18. The molecule has 0 aliphatic rings. The molecular weight excluding hydrogens is 218 g/mol. The molecule has 0 spiro atoms. The molecule has 2 aromatic rings. The quantitative estimate of drug-likeness (QED) is 0.615. The van der Waals surface area contributed by atoms with Gasteiger partial charge in [-0.2, -0.15) is 5.10 Å². The van der Waals surface area contributed by atoms with Gasteiger partial charge in [0.1, 0.15) is 5.69 Å². The lowest BCUT2D eigenvalue weighted by Crippen LogP contribution is -2.24. The number of carbonyl (C=O) groups excluding carboxylic acids is 1. The van der Waals surface area contributed by atoms with Crippen LogP contribution in [0.25, 0.3) is 11.5 Å². The van der Waals surface area contributed by atoms with Crippen molar-refractivity contribution in [2.24, 2.45) is 0 Å². The zero-order valence-corrected chi connectivity index (χ0v) is 9.06. The second-order valence-electron chi connectivity index (χ2n) is 3.35. The predicted octanol–water partition coefficient (Wildman–Crippen LogP) is 1.42. The molecule has 0 bridgehead atoms. The molecule has 1 amide bonds. The number of hydrogen-bond donors (Lipinski definition) is 2. The predicted molar refractivity (Wildman–Crippen MR) is 62.1 cm³/mol. The van der Waals surface area contributed by atoms with Gasteiger partial charge < -0.3 is 9.73 Å². The van der Waals surface area contributed by atoms with E-state index < -0.39 is 0 Å². The summed E-state index contributed by atoms with van der Waals surface area (Å²) in [5.41, 5.74) is 0.977. The Balaban J connectivity index is 2.04. The van der Waals surface area contributed by atoms with E-state index in [1.54, 1.807) is 24.5 Å². The van der Waals surface area contributed by atoms with Gasteiger partial charge in [-0.1, -0.05) is 0 Å². The third-order valence-electron chi connectivity index (χ3n) is 2.15. The molecule has 0 unspecified atom stereocenters. The van der Waals surface area contributed by atoms with Gasteiger partial charge in [0.05, 0.1) is 6.26 Å². The van der Waals surface area contributed by atoms with Gasteiger partial charge in [0, 0.05) is 19.0 Å². The van der Waals surface area contributed by atoms with E-state index in [9.17, 15) is 4.79 Å². The summed E-state index contributed by atoms with van der Waals surface area (Å²) in [5.74, 6) is 2.83. The van der Waals surface area contributed by atoms with Crippen LogP contribution in [0.4, 0.5) is 0 Å². The van der Waals surface area contributed by atoms with Crippen LogP contribution in [0.1, 0.15) is 16.9 Å². The smallest absolute Gasteiger partial charge is 0.271 e. The fraction of sp³-hybridized carbons (Fsp3) is 0.167. The summed E-state index contributed by atoms with van der Waals surface area (Å²) in [6.07, 6.45) is 7.15. The fourth-order valence-electron chi connectivity index (χ4n) is 1.33. The zero-order valence-electron chi connectivity index (χ0n) is 9.06. The van der Waals surface area contributed by atoms with E-state index in [0.29, 0.717) is 30.1 Å². The Hall–Kier alpha value is -2.48. The first kappa shape index (κ1) is 11.0. The summed E-state index contributed by atoms with van der Waals surface area (Å²) < 4.78 is 5.18. The van der Waals surface area contributed by atoms with Gasteiger partial charge in [-0.3, -0.25) is 9.89 Å². The molecule has 2 rings (SSSR count). The third-order valence-corrected chi connectivity index (χ3v) is 2.15. The number of aromatic nitrogens is 2. The SMILES string of the molecule is C#CCCNC(=O)c1cc(-c2ccco2)[nH]n1. The molecule has 5 heteroatoms. The first-order valence-corrected chi connectivity index (χ1v) is 5.12. The number of amides is 1. The van der Waals surface area contributed by atoms with E-state index in [4.69, 9.17) is 10.8 Å². The van der Waals surface area contributed by atoms with Crippen molar-refractivity contribution >= 4 is 5.91 Å². The van der Waals surface area contributed by atoms with Gasteiger partial charge in [-0.25, -0.2) is 0 Å². The average molecular weight is 229 g/mol. The molecule has 86 valence electrons. The Bertz CT molecular complexity index is 534. The minimum Gasteiger partial charge on any atom is -0.463 e. The van der Waals surface area contributed by atoms with Gasteiger partial charge in [0.2, 0.25) is 0 Å². The van der Waals surface area contributed by atoms with Crippen molar-refractivity contribution in [3.63, 3.8) is 0 Å². The van der Waals surface area contributed by atoms with Crippen LogP contribution in [0.3, 0.4) is 0 Å². The first-order chi connectivity index (χ1) is 8.31. The lowest BCUT2D eigenvalue weighted by Gasteiger charge is -1.97. The van der Waals surface area contributed by atoms with E-state index in [-0.39, 0.29) is 5.91 Å². The molecule has 0 fully saturated rings. The van der Waals surface area contributed by atoms with Gasteiger partial charge in [0.25, 0.3) is 5.91 Å². The monoisotopic (exact) mass is 229 g/mol. The minimum absolute atomic E-state index is 0.255. The maximum atomic E-state index is 11.6. The van der Waals surface area contributed by atoms with Crippen LogP contribution < -0.4 is 5.32 Å². The molecule has 0 aromatic carbocycles. The van der Waals surface area contributed by atoms with E-state index >= 15 is 0 Å². The lowest BCUT2D eigenvalue weighted by atomic mass is 10.3. The summed E-state index contributed by atoms with van der Waals surface area (Å²) >= 11 is 0. The molecule has 5 nitrogen and oxygen atoms in total. The van der Waals surface area contributed by atoms with Crippen molar-refractivity contribution in [1.82, 2.24) is 15.5 Å². The molecule has 0 saturated heterocycles. The highest BCUT2D eigenvalue weighted by atomic mass is 16.3. The molecule has 0 atom stereocenters. The Kier molecular flexibility index (Phi) is 3.26. The zero-order chi connectivity index (χ0) is 12.1. The van der Waals surface area contributed by atoms with Crippen molar-refractivity contribution in [3.8, 4) is 23.8 Å². The highest BCUT2D eigenvalue weighted by Crippen LogP contribution is 2.17. The summed E-state index contributed by atoms with van der Waals surface area (Å²) in [4.78, 5) is 11.6. The first-order valence-electron chi connectivity index (χ1n) is 5.12. The molecule has 0 aliphatic carbocycles. The molecule has 0 aliphatic heterocycles. The molecule has 2 heterocycles. The maximum Gasteiger partial charge on any atom is 0.271 e. The van der Waals surface area contributed by atoms with Crippen LogP contribution >= 0.6 is 0 Å². The number of furan rings is 1. The number of carbonyl (C=O) groups is 1. The molecule has 0 saturated carbocycles. The summed E-state index contributed by atoms with van der Waals surface area (Å²) in [7, 11) is 0.